The van der Waals surface area contributed by atoms with E-state index in [1.165, 1.54) is 37.7 Å². The fourth-order valence-corrected chi connectivity index (χ4v) is 6.15. The van der Waals surface area contributed by atoms with E-state index in [0.717, 1.165) is 35.8 Å². The lowest BCUT2D eigenvalue weighted by Gasteiger charge is -2.62. The van der Waals surface area contributed by atoms with Crippen LogP contribution in [0.2, 0.25) is 0 Å². The van der Waals surface area contributed by atoms with Crippen molar-refractivity contribution in [3.8, 4) is 5.75 Å². The molecule has 0 amide bonds. The van der Waals surface area contributed by atoms with Crippen LogP contribution >= 0.6 is 0 Å². The Kier molecular flexibility index (Phi) is 3.25. The average Bonchev–Trinajstić information content (AvgIpc) is 2.50. The van der Waals surface area contributed by atoms with Crippen molar-refractivity contribution in [1.82, 2.24) is 0 Å². The lowest BCUT2D eigenvalue weighted by molar-refractivity contribution is -0.0702. The molecule has 4 aliphatic carbocycles. The van der Waals surface area contributed by atoms with Crippen molar-refractivity contribution < 1.29 is 9.84 Å². The number of rotatable bonds is 4. The minimum atomic E-state index is 0.205. The highest BCUT2D eigenvalue weighted by molar-refractivity contribution is 5.37. The molecular formula is C19H26O2. The Morgan fingerprint density at radius 2 is 1.76 bits per heavy atom. The first-order valence-corrected chi connectivity index (χ1v) is 8.51. The van der Waals surface area contributed by atoms with Gasteiger partial charge in [-0.3, -0.25) is 0 Å². The second-order valence-corrected chi connectivity index (χ2v) is 7.55. The van der Waals surface area contributed by atoms with E-state index in [0.29, 0.717) is 6.61 Å². The molecule has 4 fully saturated rings. The van der Waals surface area contributed by atoms with Gasteiger partial charge in [-0.25, -0.2) is 0 Å². The maximum absolute atomic E-state index is 9.77. The van der Waals surface area contributed by atoms with Gasteiger partial charge in [-0.15, -0.1) is 0 Å². The third-order valence-electron chi connectivity index (χ3n) is 6.73. The zero-order valence-corrected chi connectivity index (χ0v) is 12.9. The van der Waals surface area contributed by atoms with Gasteiger partial charge in [-0.2, -0.15) is 0 Å². The van der Waals surface area contributed by atoms with Crippen LogP contribution in [0.3, 0.4) is 0 Å². The Labute approximate surface area is 127 Å². The molecule has 0 aliphatic heterocycles. The predicted octanol–water partition coefficient (Wildman–Crippen LogP) is 3.77. The molecule has 2 nitrogen and oxygen atoms in total. The van der Waals surface area contributed by atoms with Gasteiger partial charge in [-0.1, -0.05) is 12.1 Å². The number of benzene rings is 1. The van der Waals surface area contributed by atoms with Crippen molar-refractivity contribution in [1.29, 1.82) is 0 Å². The lowest BCUT2D eigenvalue weighted by Crippen LogP contribution is -2.55. The van der Waals surface area contributed by atoms with Gasteiger partial charge in [0.15, 0.2) is 0 Å². The third-order valence-corrected chi connectivity index (χ3v) is 6.73. The van der Waals surface area contributed by atoms with Gasteiger partial charge in [0.1, 0.15) is 5.75 Å². The van der Waals surface area contributed by atoms with E-state index >= 15 is 0 Å². The molecule has 4 bridgehead atoms. The molecule has 0 spiro atoms. The summed E-state index contributed by atoms with van der Waals surface area (Å²) in [5, 5.41) is 9.77. The van der Waals surface area contributed by atoms with Crippen LogP contribution in [0.1, 0.15) is 44.1 Å². The molecule has 1 aromatic carbocycles. The summed E-state index contributed by atoms with van der Waals surface area (Å²) in [7, 11) is 1.74. The zero-order valence-electron chi connectivity index (χ0n) is 12.9. The molecule has 0 heterocycles. The summed E-state index contributed by atoms with van der Waals surface area (Å²) >= 11 is 0. The Balaban J connectivity index is 1.79. The van der Waals surface area contributed by atoms with Gasteiger partial charge in [0, 0.05) is 12.0 Å². The van der Waals surface area contributed by atoms with Gasteiger partial charge in [0.25, 0.3) is 0 Å². The van der Waals surface area contributed by atoms with Gasteiger partial charge in [0.05, 0.1) is 7.11 Å². The quantitative estimate of drug-likeness (QED) is 0.913. The molecule has 21 heavy (non-hydrogen) atoms. The number of aliphatic hydroxyl groups is 1. The molecule has 4 aliphatic rings. The summed E-state index contributed by atoms with van der Waals surface area (Å²) in [6.45, 7) is 0.305. The number of ether oxygens (including phenoxy) is 1. The van der Waals surface area contributed by atoms with Crippen molar-refractivity contribution in [3.05, 3.63) is 29.8 Å². The van der Waals surface area contributed by atoms with E-state index in [1.807, 2.05) is 6.07 Å². The standard InChI is InChI=1S/C19H26O2/c1-21-18-4-2-3-15(12-18)19(5-6-20)16-8-13-7-14(10-16)11-17(19)9-13/h2-4,12-14,16-17,20H,5-11H2,1H3. The number of hydrogen-bond donors (Lipinski definition) is 1. The lowest BCUT2D eigenvalue weighted by atomic mass is 9.43. The molecule has 114 valence electrons. The van der Waals surface area contributed by atoms with Crippen molar-refractivity contribution in [2.45, 2.75) is 43.9 Å². The largest absolute Gasteiger partial charge is 0.497 e. The van der Waals surface area contributed by atoms with Crippen LogP contribution < -0.4 is 4.74 Å². The van der Waals surface area contributed by atoms with Crippen LogP contribution in [-0.2, 0) is 5.41 Å². The first kappa shape index (κ1) is 13.6. The monoisotopic (exact) mass is 286 g/mol. The normalized spacial score (nSPS) is 40.5. The topological polar surface area (TPSA) is 29.5 Å². The molecule has 4 saturated carbocycles. The Bertz CT molecular complexity index is 494. The minimum absolute atomic E-state index is 0.205. The zero-order chi connectivity index (χ0) is 14.4. The summed E-state index contributed by atoms with van der Waals surface area (Å²) in [5.41, 5.74) is 1.63. The summed E-state index contributed by atoms with van der Waals surface area (Å²) in [5.74, 6) is 4.43. The van der Waals surface area contributed by atoms with Crippen LogP contribution in [0, 0.1) is 23.7 Å². The average molecular weight is 286 g/mol. The molecule has 5 rings (SSSR count). The van der Waals surface area contributed by atoms with E-state index in [9.17, 15) is 5.11 Å². The highest BCUT2D eigenvalue weighted by atomic mass is 16.5. The van der Waals surface area contributed by atoms with E-state index in [4.69, 9.17) is 4.74 Å². The summed E-state index contributed by atoms with van der Waals surface area (Å²) < 4.78 is 5.46. The number of aliphatic hydroxyl groups excluding tert-OH is 1. The SMILES string of the molecule is COc1cccc(C2(CCO)C3CC4CC(C3)CC2C4)c1. The molecule has 0 aromatic heterocycles. The highest BCUT2D eigenvalue weighted by Gasteiger charge is 2.57. The highest BCUT2D eigenvalue weighted by Crippen LogP contribution is 2.64. The van der Waals surface area contributed by atoms with Gasteiger partial charge < -0.3 is 9.84 Å². The van der Waals surface area contributed by atoms with Gasteiger partial charge >= 0.3 is 0 Å². The van der Waals surface area contributed by atoms with E-state index < -0.39 is 0 Å². The summed E-state index contributed by atoms with van der Waals surface area (Å²) in [6.07, 6.45) is 7.91. The third kappa shape index (κ3) is 1.95. The maximum atomic E-state index is 9.77. The van der Waals surface area contributed by atoms with Crippen molar-refractivity contribution in [2.24, 2.45) is 23.7 Å². The van der Waals surface area contributed by atoms with Gasteiger partial charge in [0.2, 0.25) is 0 Å². The predicted molar refractivity (Wildman–Crippen MR) is 83.4 cm³/mol. The fraction of sp³-hybridized carbons (Fsp3) is 0.684. The number of hydrogen-bond acceptors (Lipinski definition) is 2. The Hall–Kier alpha value is -1.02. The molecule has 0 saturated heterocycles. The first-order valence-electron chi connectivity index (χ1n) is 8.51. The van der Waals surface area contributed by atoms with Gasteiger partial charge in [-0.05, 0) is 79.9 Å². The summed E-state index contributed by atoms with van der Waals surface area (Å²) in [6, 6.07) is 8.67. The first-order chi connectivity index (χ1) is 10.3. The van der Waals surface area contributed by atoms with Crippen LogP contribution in [-0.4, -0.2) is 18.8 Å². The summed E-state index contributed by atoms with van der Waals surface area (Å²) in [4.78, 5) is 0. The Morgan fingerprint density at radius 3 is 2.33 bits per heavy atom. The molecule has 1 aromatic rings. The second-order valence-electron chi connectivity index (χ2n) is 7.55. The molecular weight excluding hydrogens is 260 g/mol. The molecule has 1 N–H and O–H groups in total. The van der Waals surface area contributed by atoms with Crippen LogP contribution in [0.4, 0.5) is 0 Å². The molecule has 0 unspecified atom stereocenters. The van der Waals surface area contributed by atoms with Crippen molar-refractivity contribution in [3.63, 3.8) is 0 Å². The minimum Gasteiger partial charge on any atom is -0.497 e. The van der Waals surface area contributed by atoms with E-state index in [-0.39, 0.29) is 5.41 Å². The van der Waals surface area contributed by atoms with Crippen LogP contribution in [0.25, 0.3) is 0 Å². The smallest absolute Gasteiger partial charge is 0.119 e. The fourth-order valence-electron chi connectivity index (χ4n) is 6.15. The molecule has 2 heteroatoms. The molecule has 0 atom stereocenters. The maximum Gasteiger partial charge on any atom is 0.119 e. The van der Waals surface area contributed by atoms with E-state index in [1.54, 1.807) is 7.11 Å². The van der Waals surface area contributed by atoms with E-state index in [2.05, 4.69) is 18.2 Å². The molecule has 0 radical (unpaired) electrons. The van der Waals surface area contributed by atoms with Crippen LogP contribution in [0.15, 0.2) is 24.3 Å². The number of methoxy groups -OCH3 is 1. The second kappa shape index (κ2) is 5.01. The van der Waals surface area contributed by atoms with Crippen molar-refractivity contribution in [2.75, 3.05) is 13.7 Å². The Morgan fingerprint density at radius 1 is 1.10 bits per heavy atom. The van der Waals surface area contributed by atoms with Crippen LogP contribution in [0.5, 0.6) is 5.75 Å². The van der Waals surface area contributed by atoms with Crippen molar-refractivity contribution >= 4 is 0 Å².